The molecule has 0 aromatic heterocycles. The summed E-state index contributed by atoms with van der Waals surface area (Å²) in [6.45, 7) is 27.0. The Bertz CT molecular complexity index is 2710. The number of hydrogen-bond acceptors (Lipinski definition) is 15. The van der Waals surface area contributed by atoms with Gasteiger partial charge in [0.2, 0.25) is 0 Å². The lowest BCUT2D eigenvalue weighted by atomic mass is 9.88. The zero-order valence-electron chi connectivity index (χ0n) is 45.8. The van der Waals surface area contributed by atoms with Crippen LogP contribution >= 0.6 is 0 Å². The van der Waals surface area contributed by atoms with Gasteiger partial charge < -0.3 is 62.1 Å². The minimum atomic E-state index is -1.04. The monoisotopic (exact) mass is 1060 g/mol. The molecule has 4 aromatic carbocycles. The Hall–Kier alpha value is -7.33. The third-order valence-electron chi connectivity index (χ3n) is 13.6. The smallest absolute Gasteiger partial charge is 0.304 e. The van der Waals surface area contributed by atoms with Gasteiger partial charge in [-0.3, -0.25) is 0 Å². The van der Waals surface area contributed by atoms with E-state index in [1.54, 1.807) is 13.2 Å². The van der Waals surface area contributed by atoms with E-state index < -0.39 is 5.60 Å². The zero-order valence-corrected chi connectivity index (χ0v) is 45.8. The summed E-state index contributed by atoms with van der Waals surface area (Å²) >= 11 is 0. The van der Waals surface area contributed by atoms with Gasteiger partial charge in [-0.2, -0.15) is 5.26 Å². The highest BCUT2D eigenvalue weighted by molar-refractivity contribution is 5.68. The average Bonchev–Trinajstić information content (AvgIpc) is 3.78. The topological polar surface area (TPSA) is 154 Å². The summed E-state index contributed by atoms with van der Waals surface area (Å²) in [5, 5.41) is 20.5. The summed E-state index contributed by atoms with van der Waals surface area (Å²) in [4.78, 5) is 10.1. The fourth-order valence-corrected chi connectivity index (χ4v) is 9.37. The summed E-state index contributed by atoms with van der Waals surface area (Å²) in [5.74, 6) is 2.09. The van der Waals surface area contributed by atoms with Crippen molar-refractivity contribution < 1.29 is 47.4 Å². The van der Waals surface area contributed by atoms with Crippen molar-refractivity contribution in [3.05, 3.63) is 153 Å². The van der Waals surface area contributed by atoms with Crippen LogP contribution in [0, 0.1) is 43.1 Å². The van der Waals surface area contributed by atoms with E-state index in [1.165, 1.54) is 0 Å². The first-order valence-electron chi connectivity index (χ1n) is 26.8. The molecule has 8 rings (SSSR count). The SMILES string of the molecule is [C-]#[N+]/C(C#N)=C1\OC(C)(CCCOCc2ccc(C=C)cc2)C(/C=C/c2ccc(N3CCOc4cc(C)ccc4N4CCOCCOCCN(CCOCCOCC4)c4ccc(C)cc4OCC3)c(OCCOC)c2)=C1C#N. The van der Waals surface area contributed by atoms with Crippen LogP contribution in [0.4, 0.5) is 17.1 Å². The van der Waals surface area contributed by atoms with Crippen molar-refractivity contribution >= 4 is 29.2 Å². The van der Waals surface area contributed by atoms with Gasteiger partial charge in [0, 0.05) is 45.5 Å². The van der Waals surface area contributed by atoms with Gasteiger partial charge in [0.1, 0.15) is 48.7 Å². The van der Waals surface area contributed by atoms with Crippen LogP contribution in [-0.4, -0.2) is 138 Å². The Balaban J connectivity index is 1.21. The molecular formula is C62H74N6O10. The first kappa shape index (κ1) is 58.4. The zero-order chi connectivity index (χ0) is 55.0. The lowest BCUT2D eigenvalue weighted by Gasteiger charge is -2.30. The predicted molar refractivity (Wildman–Crippen MR) is 303 cm³/mol. The van der Waals surface area contributed by atoms with Crippen molar-refractivity contribution in [1.82, 2.24) is 0 Å². The third-order valence-corrected chi connectivity index (χ3v) is 13.6. The Labute approximate surface area is 460 Å². The molecule has 2 bridgehead atoms. The Morgan fingerprint density at radius 1 is 0.679 bits per heavy atom. The lowest BCUT2D eigenvalue weighted by molar-refractivity contribution is 0.0435. The van der Waals surface area contributed by atoms with Gasteiger partial charge in [0.15, 0.2) is 5.76 Å². The highest BCUT2D eigenvalue weighted by Gasteiger charge is 2.42. The van der Waals surface area contributed by atoms with E-state index in [9.17, 15) is 10.5 Å². The van der Waals surface area contributed by atoms with Crippen molar-refractivity contribution in [2.45, 2.75) is 45.8 Å². The second-order valence-corrected chi connectivity index (χ2v) is 19.2. The highest BCUT2D eigenvalue weighted by Crippen LogP contribution is 2.44. The molecule has 0 amide bonds. The van der Waals surface area contributed by atoms with Crippen LogP contribution in [0.2, 0.25) is 0 Å². The van der Waals surface area contributed by atoms with Gasteiger partial charge in [-0.1, -0.05) is 67.3 Å². The van der Waals surface area contributed by atoms with Crippen LogP contribution in [0.25, 0.3) is 17.0 Å². The fraction of sp³-hybridized carbons (Fsp3) is 0.435. The van der Waals surface area contributed by atoms with Gasteiger partial charge in [0.05, 0.1) is 114 Å². The molecule has 0 aliphatic carbocycles. The van der Waals surface area contributed by atoms with E-state index in [0.29, 0.717) is 149 Å². The molecule has 0 N–H and O–H groups in total. The molecule has 4 aliphatic heterocycles. The number of hydrogen-bond donors (Lipinski definition) is 0. The number of nitrogens with zero attached hydrogens (tertiary/aromatic N) is 6. The van der Waals surface area contributed by atoms with Crippen molar-refractivity contribution in [2.24, 2.45) is 0 Å². The quantitative estimate of drug-likeness (QED) is 0.0509. The van der Waals surface area contributed by atoms with Crippen LogP contribution in [0.5, 0.6) is 17.2 Å². The van der Waals surface area contributed by atoms with Crippen LogP contribution in [0.1, 0.15) is 47.6 Å². The number of fused-ring (bicyclic) bond motifs is 20. The van der Waals surface area contributed by atoms with Crippen LogP contribution in [-0.2, 0) is 39.8 Å². The standard InChI is InChI=1S/C62H74N6O10/c1-7-49-11-13-51(14-12-49)46-74-28-8-21-62(4)53(52(44-63)61(78-62)54(45-64)65-5)17-15-50-16-20-57(60(43-50)77-40-35-69-6)68-26-33-75-58-41-47(2)9-18-55(58)66-22-29-70-36-38-72-31-24-67(25-32-73-39-37-71-30-23-66)56-19-10-48(3)42-59(56)76-34-27-68/h7,9-20,41-43H,1,8,21-40,46H2,2-4,6H3/b17-15+,61-54-. The van der Waals surface area contributed by atoms with Crippen LogP contribution < -0.4 is 28.9 Å². The maximum Gasteiger partial charge on any atom is 0.304 e. The summed E-state index contributed by atoms with van der Waals surface area (Å²) in [7, 11) is 1.64. The molecule has 1 saturated heterocycles. The number of methoxy groups -OCH3 is 1. The predicted octanol–water partition coefficient (Wildman–Crippen LogP) is 9.92. The molecule has 4 heterocycles. The van der Waals surface area contributed by atoms with Gasteiger partial charge in [0.25, 0.3) is 0 Å². The molecule has 4 aliphatic rings. The normalized spacial score (nSPS) is 19.0. The minimum Gasteiger partial charge on any atom is -0.492 e. The summed E-state index contributed by atoms with van der Waals surface area (Å²) in [5.41, 5.74) is 7.08. The number of ether oxygens (including phenoxy) is 10. The first-order chi connectivity index (χ1) is 38.2. The van der Waals surface area contributed by atoms with E-state index in [0.717, 1.165) is 56.4 Å². The van der Waals surface area contributed by atoms with Crippen molar-refractivity contribution in [2.75, 3.05) is 147 Å². The number of nitriles is 2. The molecule has 0 spiro atoms. The minimum absolute atomic E-state index is 0.0179. The second kappa shape index (κ2) is 30.6. The molecule has 0 saturated carbocycles. The van der Waals surface area contributed by atoms with Gasteiger partial charge in [-0.05, 0) is 97.8 Å². The van der Waals surface area contributed by atoms with Crippen LogP contribution in [0.15, 0.2) is 114 Å². The van der Waals surface area contributed by atoms with Gasteiger partial charge >= 0.3 is 5.70 Å². The van der Waals surface area contributed by atoms with E-state index in [-0.39, 0.29) is 23.6 Å². The molecule has 412 valence electrons. The Kier molecular flexibility index (Phi) is 22.9. The maximum absolute atomic E-state index is 10.6. The van der Waals surface area contributed by atoms with Crippen molar-refractivity contribution in [1.29, 1.82) is 10.5 Å². The Morgan fingerprint density at radius 3 is 1.74 bits per heavy atom. The maximum atomic E-state index is 10.6. The highest BCUT2D eigenvalue weighted by atomic mass is 16.5. The number of anilines is 3. The Morgan fingerprint density at radius 2 is 1.22 bits per heavy atom. The average molecular weight is 1060 g/mol. The molecule has 0 radical (unpaired) electrons. The third kappa shape index (κ3) is 16.6. The van der Waals surface area contributed by atoms with E-state index >= 15 is 0 Å². The summed E-state index contributed by atoms with van der Waals surface area (Å²) in [6, 6.07) is 30.7. The molecule has 1 unspecified atom stereocenters. The summed E-state index contributed by atoms with van der Waals surface area (Å²) < 4.78 is 62.5. The molecule has 1 atom stereocenters. The fourth-order valence-electron chi connectivity index (χ4n) is 9.37. The van der Waals surface area contributed by atoms with Gasteiger partial charge in [-0.15, -0.1) is 0 Å². The molecule has 78 heavy (non-hydrogen) atoms. The second-order valence-electron chi connectivity index (χ2n) is 19.2. The number of aryl methyl sites for hydroxylation is 2. The van der Waals surface area contributed by atoms with E-state index in [4.69, 9.17) is 53.9 Å². The number of benzene rings is 4. The summed E-state index contributed by atoms with van der Waals surface area (Å²) in [6.07, 6.45) is 6.58. The van der Waals surface area contributed by atoms with Gasteiger partial charge in [-0.25, -0.2) is 10.1 Å². The van der Waals surface area contributed by atoms with Crippen molar-refractivity contribution in [3.8, 4) is 29.4 Å². The number of allylic oxidation sites excluding steroid dienone is 2. The number of rotatable bonds is 14. The van der Waals surface area contributed by atoms with Crippen molar-refractivity contribution in [3.63, 3.8) is 0 Å². The van der Waals surface area contributed by atoms with E-state index in [1.807, 2.05) is 67.6 Å². The lowest BCUT2D eigenvalue weighted by Crippen LogP contribution is -2.34. The molecular weight excluding hydrogens is 989 g/mol. The molecule has 16 nitrogen and oxygen atoms in total. The largest absolute Gasteiger partial charge is 0.492 e. The molecule has 1 fully saturated rings. The van der Waals surface area contributed by atoms with E-state index in [2.05, 4.69) is 82.4 Å². The first-order valence-corrected chi connectivity index (χ1v) is 26.8. The van der Waals surface area contributed by atoms with Crippen LogP contribution in [0.3, 0.4) is 0 Å². The molecule has 16 heteroatoms. The molecule has 4 aromatic rings.